The van der Waals surface area contributed by atoms with Gasteiger partial charge in [0.25, 0.3) is 0 Å². The second-order valence-electron chi connectivity index (χ2n) is 4.49. The average Bonchev–Trinajstić information content (AvgIpc) is 2.37. The van der Waals surface area contributed by atoms with Gasteiger partial charge in [-0.1, -0.05) is 28.8 Å². The van der Waals surface area contributed by atoms with E-state index in [1.807, 2.05) is 0 Å². The van der Waals surface area contributed by atoms with Crippen molar-refractivity contribution in [2.45, 2.75) is 19.8 Å². The van der Waals surface area contributed by atoms with Crippen LogP contribution < -0.4 is 0 Å². The van der Waals surface area contributed by atoms with Crippen molar-refractivity contribution in [1.82, 2.24) is 0 Å². The van der Waals surface area contributed by atoms with Gasteiger partial charge in [0.15, 0.2) is 5.78 Å². The maximum Gasteiger partial charge on any atom is 0.375 e. The summed E-state index contributed by atoms with van der Waals surface area (Å²) >= 11 is 11.6. The van der Waals surface area contributed by atoms with Gasteiger partial charge in [0.1, 0.15) is 0 Å². The molecule has 0 unspecified atom stereocenters. The summed E-state index contributed by atoms with van der Waals surface area (Å²) in [7, 11) is 0. The maximum absolute atomic E-state index is 11.9. The van der Waals surface area contributed by atoms with Crippen LogP contribution in [0.2, 0.25) is 10.0 Å². The first-order valence-electron chi connectivity index (χ1n) is 6.14. The molecule has 112 valence electrons. The number of hydrogen-bond acceptors (Lipinski definition) is 4. The Hall–Kier alpha value is -1.65. The van der Waals surface area contributed by atoms with Crippen LogP contribution in [-0.2, 0) is 14.3 Å². The molecule has 0 saturated heterocycles. The minimum absolute atomic E-state index is 0.0653. The Balaban J connectivity index is 2.59. The van der Waals surface area contributed by atoms with Crippen LogP contribution in [0.4, 0.5) is 0 Å². The third kappa shape index (κ3) is 5.69. The van der Waals surface area contributed by atoms with Crippen molar-refractivity contribution in [3.63, 3.8) is 0 Å². The maximum atomic E-state index is 11.9. The van der Waals surface area contributed by atoms with Crippen LogP contribution in [0.15, 0.2) is 30.4 Å². The van der Waals surface area contributed by atoms with E-state index < -0.39 is 24.0 Å². The van der Waals surface area contributed by atoms with Crippen LogP contribution in [0, 0.1) is 0 Å². The molecule has 0 aromatic heterocycles. The zero-order chi connectivity index (χ0) is 16.0. The quantitative estimate of drug-likeness (QED) is 0.252. The summed E-state index contributed by atoms with van der Waals surface area (Å²) in [4.78, 5) is 34.9. The predicted octanol–water partition coefficient (Wildman–Crippen LogP) is 3.64. The smallest absolute Gasteiger partial charge is 0.375 e. The molecule has 0 saturated carbocycles. The van der Waals surface area contributed by atoms with Gasteiger partial charge in [-0.2, -0.15) is 0 Å². The van der Waals surface area contributed by atoms with Gasteiger partial charge >= 0.3 is 5.97 Å². The molecule has 21 heavy (non-hydrogen) atoms. The second kappa shape index (κ2) is 7.96. The molecule has 0 fully saturated rings. The first-order chi connectivity index (χ1) is 9.81. The molecule has 0 N–H and O–H groups in total. The minimum Gasteiger partial charge on any atom is -0.460 e. The molecule has 0 aliphatic heterocycles. The third-order valence-electron chi connectivity index (χ3n) is 2.54. The summed E-state index contributed by atoms with van der Waals surface area (Å²) in [6.07, 6.45) is -0.122. The second-order valence-corrected chi connectivity index (χ2v) is 5.33. The van der Waals surface area contributed by atoms with Gasteiger partial charge in [0, 0.05) is 17.0 Å². The van der Waals surface area contributed by atoms with Gasteiger partial charge in [-0.25, -0.2) is 4.79 Å². The molecule has 0 amide bonds. The fourth-order valence-corrected chi connectivity index (χ4v) is 1.94. The number of halogens is 2. The largest absolute Gasteiger partial charge is 0.460 e. The van der Waals surface area contributed by atoms with Gasteiger partial charge in [-0.05, 0) is 25.1 Å². The van der Waals surface area contributed by atoms with Crippen molar-refractivity contribution in [1.29, 1.82) is 0 Å². The first kappa shape index (κ1) is 17.4. The zero-order valence-corrected chi connectivity index (χ0v) is 13.0. The highest BCUT2D eigenvalue weighted by Gasteiger charge is 2.21. The van der Waals surface area contributed by atoms with Crippen molar-refractivity contribution in [2.24, 2.45) is 0 Å². The van der Waals surface area contributed by atoms with E-state index in [0.29, 0.717) is 11.4 Å². The van der Waals surface area contributed by atoms with E-state index in [1.165, 1.54) is 18.2 Å². The van der Waals surface area contributed by atoms with Gasteiger partial charge < -0.3 is 4.74 Å². The number of esters is 1. The highest BCUT2D eigenvalue weighted by molar-refractivity contribution is 6.40. The molecule has 4 nitrogen and oxygen atoms in total. The molecular weight excluding hydrogens is 315 g/mol. The molecule has 0 heterocycles. The van der Waals surface area contributed by atoms with Crippen molar-refractivity contribution in [3.05, 3.63) is 46.0 Å². The molecule has 0 spiro atoms. The number of ether oxygens (including phenoxy) is 1. The van der Waals surface area contributed by atoms with E-state index in [4.69, 9.17) is 27.9 Å². The molecule has 0 aliphatic rings. The SMILES string of the molecule is C=C(C)CCOC(=O)C(=O)CC(=O)c1ccc(Cl)cc1Cl. The van der Waals surface area contributed by atoms with Crippen LogP contribution in [0.25, 0.3) is 0 Å². The lowest BCUT2D eigenvalue weighted by Crippen LogP contribution is -2.21. The Bertz CT molecular complexity index is 593. The van der Waals surface area contributed by atoms with Gasteiger partial charge in [-0.3, -0.25) is 9.59 Å². The molecular formula is C15H14Cl2O4. The Morgan fingerprint density at radius 2 is 1.90 bits per heavy atom. The summed E-state index contributed by atoms with van der Waals surface area (Å²) in [6.45, 7) is 5.49. The number of hydrogen-bond donors (Lipinski definition) is 0. The van der Waals surface area contributed by atoms with Crippen molar-refractivity contribution in [3.8, 4) is 0 Å². The van der Waals surface area contributed by atoms with E-state index in [2.05, 4.69) is 6.58 Å². The van der Waals surface area contributed by atoms with E-state index in [1.54, 1.807) is 6.92 Å². The number of Topliss-reactive ketones (excluding diaryl/α,β-unsaturated/α-hetero) is 2. The molecule has 0 aliphatic carbocycles. The zero-order valence-electron chi connectivity index (χ0n) is 11.4. The predicted molar refractivity (Wildman–Crippen MR) is 80.8 cm³/mol. The molecule has 1 aromatic rings. The number of carbonyl (C=O) groups is 3. The highest BCUT2D eigenvalue weighted by atomic mass is 35.5. The summed E-state index contributed by atoms with van der Waals surface area (Å²) < 4.78 is 4.75. The fraction of sp³-hybridized carbons (Fsp3) is 0.267. The van der Waals surface area contributed by atoms with Gasteiger partial charge in [-0.15, -0.1) is 6.58 Å². The number of carbonyl (C=O) groups excluding carboxylic acids is 3. The lowest BCUT2D eigenvalue weighted by atomic mass is 10.1. The van der Waals surface area contributed by atoms with Crippen molar-refractivity contribution in [2.75, 3.05) is 6.61 Å². The normalized spacial score (nSPS) is 10.0. The minimum atomic E-state index is -1.03. The average molecular weight is 329 g/mol. The van der Waals surface area contributed by atoms with E-state index in [0.717, 1.165) is 5.57 Å². The Morgan fingerprint density at radius 3 is 2.48 bits per heavy atom. The molecule has 6 heteroatoms. The van der Waals surface area contributed by atoms with Crippen LogP contribution in [-0.4, -0.2) is 24.1 Å². The Labute approximate surface area is 132 Å². The first-order valence-corrected chi connectivity index (χ1v) is 6.89. The molecule has 1 rings (SSSR count). The standard InChI is InChI=1S/C15H14Cl2O4/c1-9(2)5-6-21-15(20)14(19)8-13(18)11-4-3-10(16)7-12(11)17/h3-4,7H,1,5-6,8H2,2H3. The lowest BCUT2D eigenvalue weighted by molar-refractivity contribution is -0.153. The number of ketones is 2. The summed E-state index contributed by atoms with van der Waals surface area (Å²) in [5, 5.41) is 0.512. The van der Waals surface area contributed by atoms with Crippen LogP contribution in [0.1, 0.15) is 30.1 Å². The Kier molecular flexibility index (Phi) is 6.59. The van der Waals surface area contributed by atoms with E-state index >= 15 is 0 Å². The van der Waals surface area contributed by atoms with E-state index in [9.17, 15) is 14.4 Å². The summed E-state index contributed by atoms with van der Waals surface area (Å²) in [6, 6.07) is 4.29. The van der Waals surface area contributed by atoms with Crippen LogP contribution >= 0.6 is 23.2 Å². The number of rotatable bonds is 7. The Morgan fingerprint density at radius 1 is 1.24 bits per heavy atom. The molecule has 0 atom stereocenters. The summed E-state index contributed by atoms with van der Waals surface area (Å²) in [5.74, 6) is -2.50. The molecule has 0 radical (unpaired) electrons. The third-order valence-corrected chi connectivity index (χ3v) is 3.09. The molecule has 0 bridgehead atoms. The van der Waals surface area contributed by atoms with Gasteiger partial charge in [0.2, 0.25) is 5.78 Å². The van der Waals surface area contributed by atoms with Crippen molar-refractivity contribution < 1.29 is 19.1 Å². The van der Waals surface area contributed by atoms with Gasteiger partial charge in [0.05, 0.1) is 18.1 Å². The summed E-state index contributed by atoms with van der Waals surface area (Å²) in [5.41, 5.74) is 0.975. The highest BCUT2D eigenvalue weighted by Crippen LogP contribution is 2.22. The lowest BCUT2D eigenvalue weighted by Gasteiger charge is -2.05. The van der Waals surface area contributed by atoms with Crippen LogP contribution in [0.5, 0.6) is 0 Å². The van der Waals surface area contributed by atoms with E-state index in [-0.39, 0.29) is 17.2 Å². The molecule has 1 aromatic carbocycles. The van der Waals surface area contributed by atoms with Crippen molar-refractivity contribution >= 4 is 40.7 Å². The fourth-order valence-electron chi connectivity index (χ4n) is 1.43. The monoisotopic (exact) mass is 328 g/mol. The topological polar surface area (TPSA) is 60.4 Å². The van der Waals surface area contributed by atoms with Crippen LogP contribution in [0.3, 0.4) is 0 Å². The number of benzene rings is 1.